The Morgan fingerprint density at radius 1 is 1.08 bits per heavy atom. The molecule has 0 saturated heterocycles. The van der Waals surface area contributed by atoms with Gasteiger partial charge in [0.2, 0.25) is 0 Å². The molecule has 1 rings (SSSR count). The van der Waals surface area contributed by atoms with Gasteiger partial charge in [-0.25, -0.2) is 0 Å². The molecule has 1 saturated carbocycles. The van der Waals surface area contributed by atoms with Gasteiger partial charge in [-0.05, 0) is 24.8 Å². The summed E-state index contributed by atoms with van der Waals surface area (Å²) in [5.41, 5.74) is 4.80. The van der Waals surface area contributed by atoms with Crippen LogP contribution in [0.3, 0.4) is 0 Å². The predicted molar refractivity (Wildman–Crippen MR) is 45.2 cm³/mol. The normalized spacial score (nSPS) is 23.1. The zero-order valence-electron chi connectivity index (χ0n) is 7.66. The molecule has 0 bridgehead atoms. The molecule has 0 aliphatic heterocycles. The molecule has 0 unspecified atom stereocenters. The molecular weight excluding hydrogens is 179 g/mol. The van der Waals surface area contributed by atoms with Crippen LogP contribution >= 0.6 is 0 Å². The van der Waals surface area contributed by atoms with E-state index in [9.17, 15) is 13.2 Å². The van der Waals surface area contributed by atoms with Crippen molar-refractivity contribution in [3.05, 3.63) is 0 Å². The van der Waals surface area contributed by atoms with Gasteiger partial charge in [0.15, 0.2) is 0 Å². The van der Waals surface area contributed by atoms with Crippen molar-refractivity contribution in [2.45, 2.75) is 44.7 Å². The predicted octanol–water partition coefficient (Wildman–Crippen LogP) is 2.85. The third-order valence-electron chi connectivity index (χ3n) is 2.92. The van der Waals surface area contributed by atoms with Crippen LogP contribution in [-0.4, -0.2) is 12.7 Å². The summed E-state index contributed by atoms with van der Waals surface area (Å²) in [4.78, 5) is 0. The average Bonchev–Trinajstić information content (AvgIpc) is 2.03. The molecule has 13 heavy (non-hydrogen) atoms. The van der Waals surface area contributed by atoms with Gasteiger partial charge in [-0.1, -0.05) is 19.3 Å². The highest BCUT2D eigenvalue weighted by Crippen LogP contribution is 2.43. The largest absolute Gasteiger partial charge is 0.389 e. The van der Waals surface area contributed by atoms with Crippen LogP contribution in [-0.2, 0) is 0 Å². The summed E-state index contributed by atoms with van der Waals surface area (Å²) in [5.74, 6) is 0. The Morgan fingerprint density at radius 3 is 2.00 bits per heavy atom. The highest BCUT2D eigenvalue weighted by Gasteiger charge is 2.41. The molecule has 0 aromatic heterocycles. The van der Waals surface area contributed by atoms with E-state index in [2.05, 4.69) is 0 Å². The van der Waals surface area contributed by atoms with Crippen molar-refractivity contribution < 1.29 is 13.2 Å². The van der Waals surface area contributed by atoms with Crippen molar-refractivity contribution in [3.63, 3.8) is 0 Å². The van der Waals surface area contributed by atoms with Crippen molar-refractivity contribution in [2.24, 2.45) is 11.1 Å². The van der Waals surface area contributed by atoms with Gasteiger partial charge < -0.3 is 5.73 Å². The van der Waals surface area contributed by atoms with Gasteiger partial charge >= 0.3 is 6.18 Å². The number of hydrogen-bond donors (Lipinski definition) is 1. The summed E-state index contributed by atoms with van der Waals surface area (Å²) in [6.07, 6.45) is -0.626. The van der Waals surface area contributed by atoms with E-state index in [1.165, 1.54) is 0 Å². The Hall–Kier alpha value is -0.250. The van der Waals surface area contributed by atoms with E-state index in [0.29, 0.717) is 12.8 Å². The lowest BCUT2D eigenvalue weighted by Crippen LogP contribution is -2.37. The van der Waals surface area contributed by atoms with Gasteiger partial charge in [-0.15, -0.1) is 0 Å². The van der Waals surface area contributed by atoms with Crippen LogP contribution in [0.5, 0.6) is 0 Å². The first-order chi connectivity index (χ1) is 5.97. The molecule has 0 heterocycles. The first-order valence-corrected chi connectivity index (χ1v) is 4.74. The quantitative estimate of drug-likeness (QED) is 0.720. The zero-order valence-corrected chi connectivity index (χ0v) is 7.66. The Morgan fingerprint density at radius 2 is 1.62 bits per heavy atom. The van der Waals surface area contributed by atoms with E-state index in [1.807, 2.05) is 0 Å². The summed E-state index contributed by atoms with van der Waals surface area (Å²) < 4.78 is 36.6. The molecule has 1 aliphatic rings. The first-order valence-electron chi connectivity index (χ1n) is 4.74. The molecule has 78 valence electrons. The van der Waals surface area contributed by atoms with E-state index in [0.717, 1.165) is 19.3 Å². The fourth-order valence-electron chi connectivity index (χ4n) is 2.18. The third-order valence-corrected chi connectivity index (χ3v) is 2.92. The molecule has 1 nitrogen and oxygen atoms in total. The molecule has 4 heteroatoms. The first kappa shape index (κ1) is 10.8. The smallest absolute Gasteiger partial charge is 0.330 e. The third kappa shape index (κ3) is 3.18. The monoisotopic (exact) mass is 195 g/mol. The maximum absolute atomic E-state index is 12.2. The lowest BCUT2D eigenvalue weighted by molar-refractivity contribution is -0.161. The fraction of sp³-hybridized carbons (Fsp3) is 1.00. The van der Waals surface area contributed by atoms with Crippen molar-refractivity contribution in [3.8, 4) is 0 Å². The minimum absolute atomic E-state index is 0.173. The number of nitrogens with two attached hydrogens (primary N) is 1. The Labute approximate surface area is 76.5 Å². The average molecular weight is 195 g/mol. The Bertz CT molecular complexity index is 159. The van der Waals surface area contributed by atoms with Crippen LogP contribution in [0.15, 0.2) is 0 Å². The number of alkyl halides is 3. The van der Waals surface area contributed by atoms with Crippen molar-refractivity contribution in [1.82, 2.24) is 0 Å². The molecular formula is C9H16F3N. The fourth-order valence-corrected chi connectivity index (χ4v) is 2.18. The lowest BCUT2D eigenvalue weighted by atomic mass is 9.72. The van der Waals surface area contributed by atoms with Gasteiger partial charge in [-0.3, -0.25) is 0 Å². The van der Waals surface area contributed by atoms with Crippen LogP contribution in [0.1, 0.15) is 38.5 Å². The molecule has 0 radical (unpaired) electrons. The summed E-state index contributed by atoms with van der Waals surface area (Å²) in [5, 5.41) is 0. The van der Waals surface area contributed by atoms with E-state index in [-0.39, 0.29) is 6.54 Å². The molecule has 0 spiro atoms. The van der Waals surface area contributed by atoms with Crippen LogP contribution < -0.4 is 5.73 Å². The molecule has 0 aromatic rings. The van der Waals surface area contributed by atoms with Gasteiger partial charge in [0.25, 0.3) is 0 Å². The second kappa shape index (κ2) is 3.86. The van der Waals surface area contributed by atoms with Crippen molar-refractivity contribution in [2.75, 3.05) is 6.54 Å². The Balaban J connectivity index is 2.57. The number of rotatable bonds is 2. The summed E-state index contributed by atoms with van der Waals surface area (Å²) in [7, 11) is 0. The number of hydrogen-bond acceptors (Lipinski definition) is 1. The van der Waals surface area contributed by atoms with Gasteiger partial charge in [-0.2, -0.15) is 13.2 Å². The van der Waals surface area contributed by atoms with E-state index >= 15 is 0 Å². The van der Waals surface area contributed by atoms with Gasteiger partial charge in [0.05, 0.1) is 6.42 Å². The second-order valence-electron chi connectivity index (χ2n) is 4.06. The minimum Gasteiger partial charge on any atom is -0.330 e. The van der Waals surface area contributed by atoms with Crippen molar-refractivity contribution >= 4 is 0 Å². The van der Waals surface area contributed by atoms with Crippen LogP contribution in [0.25, 0.3) is 0 Å². The minimum atomic E-state index is -4.06. The second-order valence-corrected chi connectivity index (χ2v) is 4.06. The standard InChI is InChI=1S/C9H16F3N/c10-9(11,12)6-8(7-13)4-2-1-3-5-8/h1-7,13H2. The van der Waals surface area contributed by atoms with E-state index in [4.69, 9.17) is 5.73 Å². The van der Waals surface area contributed by atoms with Crippen LogP contribution in [0, 0.1) is 5.41 Å². The van der Waals surface area contributed by atoms with E-state index in [1.54, 1.807) is 0 Å². The summed E-state index contributed by atoms with van der Waals surface area (Å²) >= 11 is 0. The molecule has 1 fully saturated rings. The maximum atomic E-state index is 12.2. The molecule has 0 atom stereocenters. The van der Waals surface area contributed by atoms with E-state index < -0.39 is 18.0 Å². The molecule has 1 aliphatic carbocycles. The zero-order chi connectivity index (χ0) is 9.95. The van der Waals surface area contributed by atoms with Gasteiger partial charge in [0.1, 0.15) is 0 Å². The Kier molecular flexibility index (Phi) is 3.22. The highest BCUT2D eigenvalue weighted by atomic mass is 19.4. The summed E-state index contributed by atoms with van der Waals surface area (Å²) in [6.45, 7) is 0.173. The topological polar surface area (TPSA) is 26.0 Å². The molecule has 0 amide bonds. The van der Waals surface area contributed by atoms with Crippen LogP contribution in [0.2, 0.25) is 0 Å². The summed E-state index contributed by atoms with van der Waals surface area (Å²) in [6, 6.07) is 0. The lowest BCUT2D eigenvalue weighted by Gasteiger charge is -2.36. The van der Waals surface area contributed by atoms with Crippen molar-refractivity contribution in [1.29, 1.82) is 0 Å². The highest BCUT2D eigenvalue weighted by molar-refractivity contribution is 4.85. The maximum Gasteiger partial charge on any atom is 0.389 e. The van der Waals surface area contributed by atoms with Crippen LogP contribution in [0.4, 0.5) is 13.2 Å². The number of halogens is 3. The molecule has 2 N–H and O–H groups in total. The van der Waals surface area contributed by atoms with Gasteiger partial charge in [0, 0.05) is 0 Å². The SMILES string of the molecule is NCC1(CC(F)(F)F)CCCCC1. The molecule has 0 aromatic carbocycles.